The van der Waals surface area contributed by atoms with Crippen LogP contribution in [-0.2, 0) is 9.84 Å². The quantitative estimate of drug-likeness (QED) is 0.593. The van der Waals surface area contributed by atoms with Crippen molar-refractivity contribution >= 4 is 15.5 Å². The molecular formula is C10H11NO4S. The van der Waals surface area contributed by atoms with E-state index in [1.165, 1.54) is 18.4 Å². The summed E-state index contributed by atoms with van der Waals surface area (Å²) in [5, 5.41) is 10.1. The smallest absolute Gasteiger partial charge is 0.258 e. The highest BCUT2D eigenvalue weighted by Crippen LogP contribution is 2.45. The molecule has 0 amide bonds. The lowest BCUT2D eigenvalue weighted by atomic mass is 10.1. The van der Waals surface area contributed by atoms with E-state index in [1.807, 2.05) is 0 Å². The molecule has 1 aromatic rings. The molecule has 0 bridgehead atoms. The van der Waals surface area contributed by atoms with E-state index in [9.17, 15) is 18.5 Å². The molecule has 0 unspecified atom stereocenters. The highest BCUT2D eigenvalue weighted by Gasteiger charge is 2.45. The average molecular weight is 241 g/mol. The lowest BCUT2D eigenvalue weighted by molar-refractivity contribution is -0.384. The number of non-ortho nitro benzene ring substituents is 1. The fraction of sp³-hybridized carbons (Fsp3) is 0.400. The number of nitro benzene ring substituents is 1. The van der Waals surface area contributed by atoms with Gasteiger partial charge in [0.2, 0.25) is 0 Å². The Hall–Kier alpha value is -1.43. The summed E-state index contributed by atoms with van der Waals surface area (Å²) >= 11 is 0. The van der Waals surface area contributed by atoms with Gasteiger partial charge in [-0.1, -0.05) is 12.1 Å². The van der Waals surface area contributed by atoms with Crippen molar-refractivity contribution in [1.29, 1.82) is 0 Å². The fourth-order valence-corrected chi connectivity index (χ4v) is 3.15. The van der Waals surface area contributed by atoms with Gasteiger partial charge in [0, 0.05) is 24.3 Å². The van der Waals surface area contributed by atoms with E-state index < -0.39 is 14.8 Å². The molecule has 1 aromatic carbocycles. The van der Waals surface area contributed by atoms with Crippen LogP contribution in [0, 0.1) is 10.1 Å². The molecule has 1 aliphatic rings. The molecule has 0 radical (unpaired) electrons. The number of nitrogens with zero attached hydrogens (tertiary/aromatic N) is 1. The van der Waals surface area contributed by atoms with Gasteiger partial charge >= 0.3 is 0 Å². The first-order valence-corrected chi connectivity index (χ1v) is 6.78. The van der Waals surface area contributed by atoms with Gasteiger partial charge in [-0.15, -0.1) is 0 Å². The minimum Gasteiger partial charge on any atom is -0.258 e. The monoisotopic (exact) mass is 241 g/mol. The standard InChI is InChI=1S/C10H11NO4S/c1-16(14,15)10-6-9(10)7-2-4-8(5-3-7)11(12)13/h2-5,9-10H,6H2,1H3/t9-,10+/m0/s1. The summed E-state index contributed by atoms with van der Waals surface area (Å²) in [6.07, 6.45) is 1.85. The summed E-state index contributed by atoms with van der Waals surface area (Å²) in [6, 6.07) is 6.09. The van der Waals surface area contributed by atoms with Gasteiger partial charge < -0.3 is 0 Å². The van der Waals surface area contributed by atoms with Crippen LogP contribution in [0.1, 0.15) is 17.9 Å². The van der Waals surface area contributed by atoms with Crippen LogP contribution in [-0.4, -0.2) is 24.8 Å². The van der Waals surface area contributed by atoms with Gasteiger partial charge in [-0.3, -0.25) is 10.1 Å². The van der Waals surface area contributed by atoms with Crippen LogP contribution in [0.25, 0.3) is 0 Å². The Labute approximate surface area is 93.2 Å². The number of benzene rings is 1. The van der Waals surface area contributed by atoms with Crippen molar-refractivity contribution < 1.29 is 13.3 Å². The summed E-state index contributed by atoms with van der Waals surface area (Å²) in [5.41, 5.74) is 0.890. The van der Waals surface area contributed by atoms with Gasteiger partial charge in [0.1, 0.15) is 0 Å². The summed E-state index contributed by atoms with van der Waals surface area (Å²) in [5.74, 6) is 0.0100. The second kappa shape index (κ2) is 3.55. The number of rotatable bonds is 3. The first-order valence-electron chi connectivity index (χ1n) is 4.83. The van der Waals surface area contributed by atoms with Crippen LogP contribution in [0.3, 0.4) is 0 Å². The number of hydrogen-bond acceptors (Lipinski definition) is 4. The highest BCUT2D eigenvalue weighted by atomic mass is 32.2. The van der Waals surface area contributed by atoms with E-state index in [4.69, 9.17) is 0 Å². The third kappa shape index (κ3) is 2.06. The van der Waals surface area contributed by atoms with Crippen LogP contribution in [0.5, 0.6) is 0 Å². The molecule has 0 aliphatic heterocycles. The van der Waals surface area contributed by atoms with Gasteiger partial charge in [-0.25, -0.2) is 8.42 Å². The zero-order chi connectivity index (χ0) is 11.9. The van der Waals surface area contributed by atoms with Crippen LogP contribution >= 0.6 is 0 Å². The molecular weight excluding hydrogens is 230 g/mol. The fourth-order valence-electron chi connectivity index (χ4n) is 1.84. The zero-order valence-corrected chi connectivity index (χ0v) is 9.48. The van der Waals surface area contributed by atoms with Crippen molar-refractivity contribution in [2.75, 3.05) is 6.26 Å². The van der Waals surface area contributed by atoms with E-state index in [1.54, 1.807) is 12.1 Å². The molecule has 0 aromatic heterocycles. The lowest BCUT2D eigenvalue weighted by Gasteiger charge is -1.99. The van der Waals surface area contributed by atoms with Crippen LogP contribution in [0.4, 0.5) is 5.69 Å². The predicted molar refractivity (Wildman–Crippen MR) is 59.1 cm³/mol. The van der Waals surface area contributed by atoms with E-state index in [0.29, 0.717) is 6.42 Å². The summed E-state index contributed by atoms with van der Waals surface area (Å²) < 4.78 is 22.5. The highest BCUT2D eigenvalue weighted by molar-refractivity contribution is 7.91. The van der Waals surface area contributed by atoms with E-state index in [-0.39, 0.29) is 16.9 Å². The third-order valence-electron chi connectivity index (χ3n) is 2.81. The molecule has 2 rings (SSSR count). The Bertz CT molecular complexity index is 520. The molecule has 6 heteroatoms. The number of nitro groups is 1. The van der Waals surface area contributed by atoms with Crippen LogP contribution < -0.4 is 0 Å². The molecule has 5 nitrogen and oxygen atoms in total. The maximum absolute atomic E-state index is 11.2. The Morgan fingerprint density at radius 1 is 1.31 bits per heavy atom. The predicted octanol–water partition coefficient (Wildman–Crippen LogP) is 1.50. The average Bonchev–Trinajstić information content (AvgIpc) is 2.96. The van der Waals surface area contributed by atoms with Gasteiger partial charge in [-0.05, 0) is 12.0 Å². The second-order valence-electron chi connectivity index (χ2n) is 4.06. The molecule has 0 heterocycles. The zero-order valence-electron chi connectivity index (χ0n) is 8.66. The topological polar surface area (TPSA) is 77.3 Å². The van der Waals surface area contributed by atoms with Crippen molar-refractivity contribution in [3.63, 3.8) is 0 Å². The summed E-state index contributed by atoms with van der Waals surface area (Å²) in [6.45, 7) is 0. The lowest BCUT2D eigenvalue weighted by Crippen LogP contribution is -2.05. The second-order valence-corrected chi connectivity index (χ2v) is 6.32. The van der Waals surface area contributed by atoms with Crippen molar-refractivity contribution in [2.24, 2.45) is 0 Å². The number of hydrogen-bond donors (Lipinski definition) is 0. The van der Waals surface area contributed by atoms with E-state index in [2.05, 4.69) is 0 Å². The van der Waals surface area contributed by atoms with Crippen LogP contribution in [0.15, 0.2) is 24.3 Å². The van der Waals surface area contributed by atoms with Crippen molar-refractivity contribution in [1.82, 2.24) is 0 Å². The maximum Gasteiger partial charge on any atom is 0.269 e. The van der Waals surface area contributed by atoms with Crippen LogP contribution in [0.2, 0.25) is 0 Å². The minimum atomic E-state index is -2.99. The molecule has 0 saturated heterocycles. The van der Waals surface area contributed by atoms with Crippen molar-refractivity contribution in [3.8, 4) is 0 Å². The number of sulfone groups is 1. The maximum atomic E-state index is 11.2. The minimum absolute atomic E-state index is 0.0100. The van der Waals surface area contributed by atoms with Gasteiger partial charge in [0.25, 0.3) is 5.69 Å². The van der Waals surface area contributed by atoms with Gasteiger partial charge in [-0.2, -0.15) is 0 Å². The third-order valence-corrected chi connectivity index (χ3v) is 4.43. The molecule has 1 aliphatic carbocycles. The molecule has 16 heavy (non-hydrogen) atoms. The normalized spacial score (nSPS) is 24.1. The van der Waals surface area contributed by atoms with Crippen molar-refractivity contribution in [3.05, 3.63) is 39.9 Å². The van der Waals surface area contributed by atoms with E-state index >= 15 is 0 Å². The van der Waals surface area contributed by atoms with Gasteiger partial charge in [0.15, 0.2) is 9.84 Å². The molecule has 2 atom stereocenters. The summed E-state index contributed by atoms with van der Waals surface area (Å²) in [7, 11) is -2.99. The van der Waals surface area contributed by atoms with Crippen molar-refractivity contribution in [2.45, 2.75) is 17.6 Å². The SMILES string of the molecule is CS(=O)(=O)[C@@H]1C[C@H]1c1ccc([N+](=O)[O-])cc1. The molecule has 0 N–H and O–H groups in total. The summed E-state index contributed by atoms with van der Waals surface area (Å²) in [4.78, 5) is 9.96. The van der Waals surface area contributed by atoms with E-state index in [0.717, 1.165) is 5.56 Å². The molecule has 0 spiro atoms. The first kappa shape index (κ1) is 11.1. The molecule has 86 valence electrons. The Morgan fingerprint density at radius 2 is 1.88 bits per heavy atom. The van der Waals surface area contributed by atoms with Gasteiger partial charge in [0.05, 0.1) is 10.2 Å². The Balaban J connectivity index is 2.17. The largest absolute Gasteiger partial charge is 0.269 e. The Morgan fingerprint density at radius 3 is 2.25 bits per heavy atom. The molecule has 1 saturated carbocycles. The Kier molecular flexibility index (Phi) is 2.46. The molecule has 1 fully saturated rings. The first-order chi connectivity index (χ1) is 7.39.